The second kappa shape index (κ2) is 6.80. The van der Waals surface area contributed by atoms with E-state index in [1.165, 1.54) is 6.33 Å². The van der Waals surface area contributed by atoms with Crippen molar-refractivity contribution in [2.45, 2.75) is 49.9 Å². The Bertz CT molecular complexity index is 533. The van der Waals surface area contributed by atoms with Crippen molar-refractivity contribution >= 4 is 11.7 Å². The van der Waals surface area contributed by atoms with Gasteiger partial charge in [-0.1, -0.05) is 0 Å². The smallest absolute Gasteiger partial charge is 0.252 e. The molecule has 1 aromatic heterocycles. The van der Waals surface area contributed by atoms with Gasteiger partial charge in [0.2, 0.25) is 0 Å². The van der Waals surface area contributed by atoms with Gasteiger partial charge in [0.05, 0.1) is 12.1 Å². The van der Waals surface area contributed by atoms with Gasteiger partial charge in [-0.15, -0.1) is 0 Å². The van der Waals surface area contributed by atoms with Gasteiger partial charge in [0, 0.05) is 26.4 Å². The molecular weight excluding hydrogens is 296 g/mol. The van der Waals surface area contributed by atoms with Crippen LogP contribution in [0, 0.1) is 0 Å². The van der Waals surface area contributed by atoms with Crippen LogP contribution < -0.4 is 10.2 Å². The first-order chi connectivity index (χ1) is 11.1. The van der Waals surface area contributed by atoms with Gasteiger partial charge < -0.3 is 20.1 Å². The average molecular weight is 320 g/mol. The van der Waals surface area contributed by atoms with E-state index in [1.807, 2.05) is 6.07 Å². The second-order valence-corrected chi connectivity index (χ2v) is 6.42. The van der Waals surface area contributed by atoms with Crippen LogP contribution in [0.25, 0.3) is 0 Å². The van der Waals surface area contributed by atoms with E-state index in [9.17, 15) is 9.90 Å². The maximum atomic E-state index is 12.3. The van der Waals surface area contributed by atoms with Crippen molar-refractivity contribution in [2.75, 3.05) is 25.1 Å². The Balaban J connectivity index is 1.64. The van der Waals surface area contributed by atoms with Crippen molar-refractivity contribution in [1.29, 1.82) is 0 Å². The predicted octanol–water partition coefficient (Wildman–Crippen LogP) is 0.492. The molecule has 1 aliphatic heterocycles. The summed E-state index contributed by atoms with van der Waals surface area (Å²) in [6.07, 6.45) is 7.09. The molecule has 1 saturated carbocycles. The van der Waals surface area contributed by atoms with Crippen molar-refractivity contribution < 1.29 is 14.6 Å². The maximum Gasteiger partial charge on any atom is 0.252 e. The molecule has 0 radical (unpaired) electrons. The first-order valence-electron chi connectivity index (χ1n) is 8.18. The van der Waals surface area contributed by atoms with Crippen LogP contribution in [0.3, 0.4) is 0 Å². The van der Waals surface area contributed by atoms with Crippen LogP contribution in [0.2, 0.25) is 0 Å². The molecule has 7 nitrogen and oxygen atoms in total. The van der Waals surface area contributed by atoms with E-state index < -0.39 is 5.60 Å². The van der Waals surface area contributed by atoms with Crippen molar-refractivity contribution in [3.8, 4) is 0 Å². The largest absolute Gasteiger partial charge is 0.380 e. The molecule has 1 aromatic rings. The normalized spacial score (nSPS) is 26.4. The summed E-state index contributed by atoms with van der Waals surface area (Å²) in [5.74, 6) is 0.580. The molecule has 126 valence electrons. The van der Waals surface area contributed by atoms with E-state index in [-0.39, 0.29) is 18.1 Å². The van der Waals surface area contributed by atoms with Crippen molar-refractivity contribution in [3.63, 3.8) is 0 Å². The van der Waals surface area contributed by atoms with Gasteiger partial charge in [0.15, 0.2) is 0 Å². The fraction of sp³-hybridized carbons (Fsp3) is 0.688. The minimum absolute atomic E-state index is 0.101. The Morgan fingerprint density at radius 1 is 1.52 bits per heavy atom. The Kier molecular flexibility index (Phi) is 4.77. The summed E-state index contributed by atoms with van der Waals surface area (Å²) in [6.45, 7) is 1.21. The zero-order valence-corrected chi connectivity index (χ0v) is 13.4. The first-order valence-corrected chi connectivity index (χ1v) is 8.18. The maximum absolute atomic E-state index is 12.3. The summed E-state index contributed by atoms with van der Waals surface area (Å²) in [5.41, 5.74) is -1.18. The van der Waals surface area contributed by atoms with Crippen LogP contribution in [0.5, 0.6) is 0 Å². The standard InChI is InChI=1S/C16H24N4O3/c1-23-13-8-12(20(10-13)14-4-7-17-11-19-14)9-18-15(21)16(22)5-2-3-6-16/h4,7,11-13,22H,2-3,5-6,8-10H2,1H3,(H,18,21)/t12-,13-/m1/s1. The molecule has 2 fully saturated rings. The van der Waals surface area contributed by atoms with Crippen molar-refractivity contribution in [3.05, 3.63) is 18.6 Å². The monoisotopic (exact) mass is 320 g/mol. The van der Waals surface area contributed by atoms with Crippen LogP contribution in [0.4, 0.5) is 5.82 Å². The summed E-state index contributed by atoms with van der Waals surface area (Å²) in [6, 6.07) is 1.96. The minimum atomic E-state index is -1.18. The number of aliphatic hydroxyl groups is 1. The number of amides is 1. The molecule has 2 atom stereocenters. The number of rotatable bonds is 5. The number of aromatic nitrogens is 2. The highest BCUT2D eigenvalue weighted by atomic mass is 16.5. The number of nitrogens with zero attached hydrogens (tertiary/aromatic N) is 3. The molecule has 0 aromatic carbocycles. The molecule has 0 unspecified atom stereocenters. The first kappa shape index (κ1) is 16.1. The topological polar surface area (TPSA) is 87.6 Å². The molecular formula is C16H24N4O3. The number of anilines is 1. The number of hydrogen-bond donors (Lipinski definition) is 2. The fourth-order valence-electron chi connectivity index (χ4n) is 3.53. The summed E-state index contributed by atoms with van der Waals surface area (Å²) >= 11 is 0. The molecule has 2 N–H and O–H groups in total. The van der Waals surface area contributed by atoms with Gasteiger partial charge >= 0.3 is 0 Å². The fourth-order valence-corrected chi connectivity index (χ4v) is 3.53. The zero-order chi connectivity index (χ0) is 16.3. The molecule has 1 saturated heterocycles. The van der Waals surface area contributed by atoms with Crippen molar-refractivity contribution in [1.82, 2.24) is 15.3 Å². The highest BCUT2D eigenvalue weighted by Crippen LogP contribution is 2.30. The van der Waals surface area contributed by atoms with E-state index in [2.05, 4.69) is 20.2 Å². The van der Waals surface area contributed by atoms with Crippen LogP contribution in [-0.4, -0.2) is 58.9 Å². The van der Waals surface area contributed by atoms with Crippen LogP contribution >= 0.6 is 0 Å². The van der Waals surface area contributed by atoms with E-state index in [0.29, 0.717) is 19.4 Å². The van der Waals surface area contributed by atoms with Crippen LogP contribution in [-0.2, 0) is 9.53 Å². The summed E-state index contributed by atoms with van der Waals surface area (Å²) in [5, 5.41) is 13.3. The molecule has 1 amide bonds. The number of carbonyl (C=O) groups is 1. The van der Waals surface area contributed by atoms with Gasteiger partial charge in [-0.3, -0.25) is 4.79 Å². The molecule has 3 rings (SSSR count). The molecule has 0 spiro atoms. The van der Waals surface area contributed by atoms with Gasteiger partial charge in [-0.25, -0.2) is 9.97 Å². The van der Waals surface area contributed by atoms with E-state index in [1.54, 1.807) is 13.3 Å². The quantitative estimate of drug-likeness (QED) is 0.821. The highest BCUT2D eigenvalue weighted by Gasteiger charge is 2.40. The molecule has 2 heterocycles. The van der Waals surface area contributed by atoms with E-state index in [4.69, 9.17) is 4.74 Å². The third-order valence-corrected chi connectivity index (χ3v) is 4.92. The van der Waals surface area contributed by atoms with Crippen LogP contribution in [0.15, 0.2) is 18.6 Å². The Morgan fingerprint density at radius 2 is 2.30 bits per heavy atom. The lowest BCUT2D eigenvalue weighted by Crippen LogP contribution is -2.49. The second-order valence-electron chi connectivity index (χ2n) is 6.42. The molecule has 2 aliphatic rings. The lowest BCUT2D eigenvalue weighted by molar-refractivity contribution is -0.139. The van der Waals surface area contributed by atoms with Gasteiger partial charge in [-0.2, -0.15) is 0 Å². The molecule has 23 heavy (non-hydrogen) atoms. The number of ether oxygens (including phenoxy) is 1. The number of carbonyl (C=O) groups excluding carboxylic acids is 1. The van der Waals surface area contributed by atoms with Gasteiger partial charge in [-0.05, 0) is 38.2 Å². The van der Waals surface area contributed by atoms with Crippen LogP contribution in [0.1, 0.15) is 32.1 Å². The predicted molar refractivity (Wildman–Crippen MR) is 85.0 cm³/mol. The Labute approximate surface area is 136 Å². The van der Waals surface area contributed by atoms with Gasteiger partial charge in [0.1, 0.15) is 17.7 Å². The summed E-state index contributed by atoms with van der Waals surface area (Å²) < 4.78 is 5.47. The minimum Gasteiger partial charge on any atom is -0.380 e. The molecule has 7 heteroatoms. The number of nitrogens with one attached hydrogen (secondary N) is 1. The molecule has 1 aliphatic carbocycles. The third-order valence-electron chi connectivity index (χ3n) is 4.92. The van der Waals surface area contributed by atoms with E-state index in [0.717, 1.165) is 31.6 Å². The Morgan fingerprint density at radius 3 is 2.96 bits per heavy atom. The summed E-state index contributed by atoms with van der Waals surface area (Å²) in [7, 11) is 1.70. The number of hydrogen-bond acceptors (Lipinski definition) is 6. The van der Waals surface area contributed by atoms with Gasteiger partial charge in [0.25, 0.3) is 5.91 Å². The van der Waals surface area contributed by atoms with E-state index >= 15 is 0 Å². The third kappa shape index (κ3) is 3.45. The average Bonchev–Trinajstić information content (AvgIpc) is 3.20. The number of methoxy groups -OCH3 is 1. The lowest BCUT2D eigenvalue weighted by Gasteiger charge is -2.27. The Hall–Kier alpha value is -1.73. The summed E-state index contributed by atoms with van der Waals surface area (Å²) in [4.78, 5) is 22.7. The molecule has 0 bridgehead atoms. The highest BCUT2D eigenvalue weighted by molar-refractivity contribution is 5.85. The van der Waals surface area contributed by atoms with Crippen molar-refractivity contribution in [2.24, 2.45) is 0 Å². The SMILES string of the molecule is CO[C@@H]1C[C@H](CNC(=O)C2(O)CCCC2)N(c2ccncn2)C1. The lowest BCUT2D eigenvalue weighted by atomic mass is 10.0. The zero-order valence-electron chi connectivity index (χ0n) is 13.4.